The van der Waals surface area contributed by atoms with Crippen LogP contribution in [0, 0.1) is 6.92 Å². The Balaban J connectivity index is 2.18. The molecule has 0 spiro atoms. The molecule has 6 heteroatoms. The molecule has 0 fully saturated rings. The van der Waals surface area contributed by atoms with E-state index in [1.54, 1.807) is 14.0 Å². The fraction of sp³-hybridized carbons (Fsp3) is 0.308. The predicted octanol–water partition coefficient (Wildman–Crippen LogP) is 1.59. The molecule has 1 amide bonds. The summed E-state index contributed by atoms with van der Waals surface area (Å²) in [6.07, 6.45) is 1.29. The molecule has 1 aromatic carbocycles. The van der Waals surface area contributed by atoms with Crippen molar-refractivity contribution in [2.24, 2.45) is 0 Å². The van der Waals surface area contributed by atoms with Crippen molar-refractivity contribution in [2.45, 2.75) is 19.9 Å². The van der Waals surface area contributed by atoms with E-state index in [9.17, 15) is 4.79 Å². The first kappa shape index (κ1) is 13.2. The number of anilines is 1. The molecule has 2 rings (SSSR count). The number of hydrogen-bond acceptors (Lipinski definition) is 5. The minimum atomic E-state index is -0.241. The summed E-state index contributed by atoms with van der Waals surface area (Å²) in [5.74, 6) is 0.390. The summed E-state index contributed by atoms with van der Waals surface area (Å²) < 4.78 is 5.13. The molecule has 0 aliphatic heterocycles. The zero-order chi connectivity index (χ0) is 13.8. The van der Waals surface area contributed by atoms with Crippen molar-refractivity contribution >= 4 is 11.6 Å². The monoisotopic (exact) mass is 260 g/mol. The van der Waals surface area contributed by atoms with E-state index in [-0.39, 0.29) is 11.9 Å². The molecule has 1 heterocycles. The van der Waals surface area contributed by atoms with Crippen LogP contribution >= 0.6 is 0 Å². The fourth-order valence-corrected chi connectivity index (χ4v) is 1.61. The maximum atomic E-state index is 11.8. The number of rotatable bonds is 4. The summed E-state index contributed by atoms with van der Waals surface area (Å²) in [6, 6.07) is 5.32. The van der Waals surface area contributed by atoms with Gasteiger partial charge < -0.3 is 15.1 Å². The first-order chi connectivity index (χ1) is 9.11. The minimum Gasteiger partial charge on any atom is -0.423 e. The highest BCUT2D eigenvalue weighted by atomic mass is 16.4. The number of aryl methyl sites for hydroxylation is 1. The molecule has 1 atom stereocenters. The van der Waals surface area contributed by atoms with Gasteiger partial charge in [0.15, 0.2) is 0 Å². The van der Waals surface area contributed by atoms with Crippen LogP contribution < -0.4 is 10.6 Å². The Hall–Kier alpha value is -2.21. The Labute approximate surface area is 111 Å². The molecule has 2 N–H and O–H groups in total. The number of likely N-dealkylation sites (N-methyl/N-ethyl adjacent to an activating group) is 1. The van der Waals surface area contributed by atoms with E-state index >= 15 is 0 Å². The number of nitrogens with zero attached hydrogens (tertiary/aromatic N) is 2. The number of amides is 1. The van der Waals surface area contributed by atoms with Gasteiger partial charge in [0.1, 0.15) is 0 Å². The van der Waals surface area contributed by atoms with Gasteiger partial charge in [0.25, 0.3) is 0 Å². The van der Waals surface area contributed by atoms with E-state index in [1.165, 1.54) is 6.39 Å². The molecule has 1 aromatic heterocycles. The lowest BCUT2D eigenvalue weighted by molar-refractivity contribution is -0.117. The van der Waals surface area contributed by atoms with Crippen LogP contribution in [0.5, 0.6) is 0 Å². The number of nitrogens with one attached hydrogen (secondary N) is 2. The average molecular weight is 260 g/mol. The Morgan fingerprint density at radius 1 is 1.42 bits per heavy atom. The van der Waals surface area contributed by atoms with Crippen LogP contribution in [0.1, 0.15) is 12.5 Å². The molecule has 0 bridgehead atoms. The fourth-order valence-electron chi connectivity index (χ4n) is 1.61. The standard InChI is InChI=1S/C13H16N4O2/c1-8-6-10(13-17-15-7-19-13)4-5-11(8)16-12(18)9(2)14-3/h4-7,9,14H,1-3H3,(H,16,18). The Kier molecular flexibility index (Phi) is 3.91. The third-order valence-corrected chi connectivity index (χ3v) is 2.92. The molecule has 6 nitrogen and oxygen atoms in total. The molecule has 2 aromatic rings. The second kappa shape index (κ2) is 5.62. The number of carbonyl (C=O) groups excluding carboxylic acids is 1. The molecule has 0 aliphatic carbocycles. The maximum Gasteiger partial charge on any atom is 0.247 e. The van der Waals surface area contributed by atoms with Gasteiger partial charge in [-0.05, 0) is 44.7 Å². The molecule has 0 saturated heterocycles. The van der Waals surface area contributed by atoms with Crippen LogP contribution in [0.15, 0.2) is 29.0 Å². The average Bonchev–Trinajstić information content (AvgIpc) is 2.94. The molecular weight excluding hydrogens is 244 g/mol. The number of carbonyl (C=O) groups is 1. The summed E-state index contributed by atoms with van der Waals surface area (Å²) in [7, 11) is 1.75. The molecule has 0 radical (unpaired) electrons. The molecular formula is C13H16N4O2. The second-order valence-electron chi connectivity index (χ2n) is 4.27. The topological polar surface area (TPSA) is 80.0 Å². The van der Waals surface area contributed by atoms with E-state index in [4.69, 9.17) is 4.42 Å². The van der Waals surface area contributed by atoms with Crippen LogP contribution in [0.25, 0.3) is 11.5 Å². The van der Waals surface area contributed by atoms with Crippen molar-refractivity contribution < 1.29 is 9.21 Å². The highest BCUT2D eigenvalue weighted by Crippen LogP contribution is 2.23. The van der Waals surface area contributed by atoms with Crippen molar-refractivity contribution in [2.75, 3.05) is 12.4 Å². The number of benzene rings is 1. The lowest BCUT2D eigenvalue weighted by Crippen LogP contribution is -2.35. The highest BCUT2D eigenvalue weighted by molar-refractivity contribution is 5.95. The SMILES string of the molecule is CNC(C)C(=O)Nc1ccc(-c2nnco2)cc1C. The Bertz CT molecular complexity index is 566. The largest absolute Gasteiger partial charge is 0.423 e. The minimum absolute atomic E-state index is 0.0730. The van der Waals surface area contributed by atoms with Gasteiger partial charge in [0.2, 0.25) is 18.2 Å². The summed E-state index contributed by atoms with van der Waals surface area (Å²) in [5.41, 5.74) is 2.54. The van der Waals surface area contributed by atoms with Crippen LogP contribution in [-0.4, -0.2) is 29.2 Å². The maximum absolute atomic E-state index is 11.8. The van der Waals surface area contributed by atoms with Crippen LogP contribution in [0.4, 0.5) is 5.69 Å². The van der Waals surface area contributed by atoms with Gasteiger partial charge in [-0.2, -0.15) is 0 Å². The van der Waals surface area contributed by atoms with E-state index in [2.05, 4.69) is 20.8 Å². The van der Waals surface area contributed by atoms with Gasteiger partial charge in [-0.25, -0.2) is 0 Å². The van der Waals surface area contributed by atoms with Crippen molar-refractivity contribution in [3.05, 3.63) is 30.2 Å². The zero-order valence-electron chi connectivity index (χ0n) is 11.1. The molecule has 19 heavy (non-hydrogen) atoms. The van der Waals surface area contributed by atoms with Gasteiger partial charge in [-0.3, -0.25) is 4.79 Å². The van der Waals surface area contributed by atoms with E-state index in [1.807, 2.05) is 25.1 Å². The van der Waals surface area contributed by atoms with Crippen LogP contribution in [0.2, 0.25) is 0 Å². The van der Waals surface area contributed by atoms with Crippen LogP contribution in [-0.2, 0) is 4.79 Å². The Morgan fingerprint density at radius 2 is 2.21 bits per heavy atom. The zero-order valence-corrected chi connectivity index (χ0v) is 11.1. The van der Waals surface area contributed by atoms with E-state index in [0.29, 0.717) is 5.89 Å². The quantitative estimate of drug-likeness (QED) is 0.872. The van der Waals surface area contributed by atoms with Crippen LogP contribution in [0.3, 0.4) is 0 Å². The first-order valence-corrected chi connectivity index (χ1v) is 5.97. The number of aromatic nitrogens is 2. The highest BCUT2D eigenvalue weighted by Gasteiger charge is 2.12. The van der Waals surface area contributed by atoms with Gasteiger partial charge in [0.05, 0.1) is 6.04 Å². The first-order valence-electron chi connectivity index (χ1n) is 5.97. The van der Waals surface area contributed by atoms with Gasteiger partial charge in [-0.15, -0.1) is 10.2 Å². The van der Waals surface area contributed by atoms with Crippen molar-refractivity contribution in [3.63, 3.8) is 0 Å². The van der Waals surface area contributed by atoms with Crippen molar-refractivity contribution in [1.82, 2.24) is 15.5 Å². The third-order valence-electron chi connectivity index (χ3n) is 2.92. The molecule has 0 aliphatic rings. The molecule has 0 saturated carbocycles. The molecule has 1 unspecified atom stereocenters. The third kappa shape index (κ3) is 2.97. The smallest absolute Gasteiger partial charge is 0.247 e. The second-order valence-corrected chi connectivity index (χ2v) is 4.27. The normalized spacial score (nSPS) is 12.2. The molecule has 100 valence electrons. The number of hydrogen-bond donors (Lipinski definition) is 2. The predicted molar refractivity (Wildman–Crippen MR) is 71.6 cm³/mol. The lowest BCUT2D eigenvalue weighted by Gasteiger charge is -2.13. The summed E-state index contributed by atoms with van der Waals surface area (Å²) in [4.78, 5) is 11.8. The summed E-state index contributed by atoms with van der Waals surface area (Å²) in [6.45, 7) is 3.72. The van der Waals surface area contributed by atoms with Gasteiger partial charge in [0, 0.05) is 11.3 Å². The summed E-state index contributed by atoms with van der Waals surface area (Å²) in [5, 5.41) is 13.2. The summed E-state index contributed by atoms with van der Waals surface area (Å²) >= 11 is 0. The van der Waals surface area contributed by atoms with E-state index in [0.717, 1.165) is 16.8 Å². The lowest BCUT2D eigenvalue weighted by atomic mass is 10.1. The van der Waals surface area contributed by atoms with Crippen molar-refractivity contribution in [1.29, 1.82) is 0 Å². The Morgan fingerprint density at radius 3 is 2.79 bits per heavy atom. The van der Waals surface area contributed by atoms with Crippen molar-refractivity contribution in [3.8, 4) is 11.5 Å². The van der Waals surface area contributed by atoms with E-state index < -0.39 is 0 Å². The van der Waals surface area contributed by atoms with Gasteiger partial charge in [-0.1, -0.05) is 0 Å². The van der Waals surface area contributed by atoms with Gasteiger partial charge >= 0.3 is 0 Å².